The van der Waals surface area contributed by atoms with Crippen LogP contribution in [0.5, 0.6) is 0 Å². The molecule has 0 aliphatic carbocycles. The van der Waals surface area contributed by atoms with Crippen LogP contribution in [-0.2, 0) is 57.3 Å². The van der Waals surface area contributed by atoms with Gasteiger partial charge in [0.25, 0.3) is 23.6 Å². The average Bonchev–Trinajstić information content (AvgIpc) is 1.67. The van der Waals surface area contributed by atoms with Crippen LogP contribution in [0.25, 0.3) is 0 Å². The predicted molar refractivity (Wildman–Crippen MR) is 337 cm³/mol. The molecule has 0 saturated carbocycles. The third kappa shape index (κ3) is 12.1. The zero-order valence-electron chi connectivity index (χ0n) is 59.4. The number of imide groups is 4. The van der Waals surface area contributed by atoms with Crippen molar-refractivity contribution in [3.63, 3.8) is 0 Å². The fourth-order valence-electron chi connectivity index (χ4n) is 17.4. The molecule has 28 heteroatoms. The second-order valence-electron chi connectivity index (χ2n) is 33.5. The third-order valence-electron chi connectivity index (χ3n) is 22.9. The highest BCUT2D eigenvalue weighted by molar-refractivity contribution is 6.12. The summed E-state index contributed by atoms with van der Waals surface area (Å²) in [5.74, 6) is -7.53. The Kier molecular flexibility index (Phi) is 17.7. The lowest BCUT2D eigenvalue weighted by molar-refractivity contribution is -0.178. The fourth-order valence-corrected chi connectivity index (χ4v) is 17.4. The van der Waals surface area contributed by atoms with Gasteiger partial charge in [0.1, 0.15) is 78.2 Å². The van der Waals surface area contributed by atoms with Gasteiger partial charge in [0.15, 0.2) is 0 Å². The van der Waals surface area contributed by atoms with Crippen molar-refractivity contribution >= 4 is 71.6 Å². The number of piperidine rings is 4. The number of urea groups is 4. The van der Waals surface area contributed by atoms with Crippen molar-refractivity contribution in [2.45, 2.75) is 280 Å². The van der Waals surface area contributed by atoms with Crippen molar-refractivity contribution in [1.29, 1.82) is 0 Å². The molecule has 8 saturated heterocycles. The maximum absolute atomic E-state index is 14.7. The maximum Gasteiger partial charge on any atom is 0.329 e. The van der Waals surface area contributed by atoms with E-state index in [0.29, 0.717) is 0 Å². The average molecular weight is 1310 g/mol. The summed E-state index contributed by atoms with van der Waals surface area (Å²) >= 11 is 0. The summed E-state index contributed by atoms with van der Waals surface area (Å²) in [5.41, 5.74) is -12.8. The lowest BCUT2D eigenvalue weighted by Crippen LogP contribution is -2.68. The molecular weight excluding hydrogens is 1200 g/mol. The molecule has 4 unspecified atom stereocenters. The number of hydrogen-bond donors (Lipinski definition) is 4. The summed E-state index contributed by atoms with van der Waals surface area (Å²) in [6.07, 6.45) is 1.45. The highest BCUT2D eigenvalue weighted by Gasteiger charge is 2.67. The Balaban J connectivity index is 1.14. The number of ether oxygens (including phenoxy) is 4. The first kappa shape index (κ1) is 72.3. The zero-order chi connectivity index (χ0) is 70.5. The van der Waals surface area contributed by atoms with Crippen molar-refractivity contribution < 1.29 is 76.5 Å². The molecule has 4 atom stereocenters. The Labute approximate surface area is 547 Å². The van der Waals surface area contributed by atoms with E-state index in [4.69, 9.17) is 18.9 Å². The molecule has 0 aromatic rings. The first-order valence-corrected chi connectivity index (χ1v) is 32.4. The number of esters is 4. The number of amides is 12. The van der Waals surface area contributed by atoms with E-state index in [1.165, 1.54) is 27.7 Å². The summed E-state index contributed by atoms with van der Waals surface area (Å²) < 4.78 is 24.0. The molecule has 0 radical (unpaired) electrons. The highest BCUT2D eigenvalue weighted by Crippen LogP contribution is 2.50. The van der Waals surface area contributed by atoms with Gasteiger partial charge in [-0.25, -0.2) is 58.0 Å². The normalized spacial score (nSPS) is 28.1. The zero-order valence-corrected chi connectivity index (χ0v) is 59.4. The Morgan fingerprint density at radius 2 is 0.462 bits per heavy atom. The molecule has 0 bridgehead atoms. The smallest absolute Gasteiger partial charge is 0.329 e. The molecule has 28 nitrogen and oxygen atoms in total. The van der Waals surface area contributed by atoms with Crippen LogP contribution in [0.15, 0.2) is 0 Å². The fraction of sp³-hybridized carbons (Fsp3) is 0.815. The van der Waals surface area contributed by atoms with Crippen molar-refractivity contribution in [1.82, 2.24) is 60.5 Å². The van der Waals surface area contributed by atoms with Crippen LogP contribution in [0.4, 0.5) is 19.2 Å². The quantitative estimate of drug-likeness (QED) is 0.0964. The van der Waals surface area contributed by atoms with Gasteiger partial charge in [-0.3, -0.25) is 38.8 Å². The van der Waals surface area contributed by atoms with Gasteiger partial charge < -0.3 is 40.2 Å². The summed E-state index contributed by atoms with van der Waals surface area (Å²) in [7, 11) is 7.69. The van der Waals surface area contributed by atoms with Crippen molar-refractivity contribution in [2.24, 2.45) is 5.41 Å². The minimum Gasteiger partial charge on any atom is -0.463 e. The van der Waals surface area contributed by atoms with E-state index in [1.807, 2.05) is 139 Å². The summed E-state index contributed by atoms with van der Waals surface area (Å²) in [6.45, 7) is 32.0. The molecule has 4 N–H and O–H groups in total. The number of nitrogens with zero attached hydrogens (tertiary/aromatic N) is 8. The number of hydrogen-bond acceptors (Lipinski definition) is 20. The minimum absolute atomic E-state index is 0.181. The molecule has 12 amide bonds. The van der Waals surface area contributed by atoms with Crippen LogP contribution in [0.1, 0.15) is 190 Å². The van der Waals surface area contributed by atoms with Crippen LogP contribution in [0.2, 0.25) is 0 Å². The second-order valence-corrected chi connectivity index (χ2v) is 33.5. The molecule has 8 aliphatic heterocycles. The monoisotopic (exact) mass is 1310 g/mol. The van der Waals surface area contributed by atoms with E-state index in [1.54, 1.807) is 0 Å². The van der Waals surface area contributed by atoms with E-state index < -0.39 is 194 Å². The van der Waals surface area contributed by atoms with E-state index in [0.717, 1.165) is 19.6 Å². The third-order valence-corrected chi connectivity index (χ3v) is 22.9. The van der Waals surface area contributed by atoms with Crippen LogP contribution in [-0.4, -0.2) is 256 Å². The Morgan fingerprint density at radius 3 is 0.602 bits per heavy atom. The van der Waals surface area contributed by atoms with Gasteiger partial charge in [-0.15, -0.1) is 0 Å². The second kappa shape index (κ2) is 22.8. The van der Waals surface area contributed by atoms with Gasteiger partial charge in [-0.1, -0.05) is 0 Å². The van der Waals surface area contributed by atoms with Gasteiger partial charge in [-0.2, -0.15) is 0 Å². The maximum atomic E-state index is 14.7. The molecule has 0 aromatic heterocycles. The van der Waals surface area contributed by atoms with Gasteiger partial charge >= 0.3 is 48.0 Å². The lowest BCUT2D eigenvalue weighted by atomic mass is 9.69. The van der Waals surface area contributed by atoms with E-state index in [2.05, 4.69) is 40.9 Å². The lowest BCUT2D eigenvalue weighted by Gasteiger charge is -2.56. The van der Waals surface area contributed by atoms with Crippen LogP contribution in [0.3, 0.4) is 0 Å². The van der Waals surface area contributed by atoms with E-state index in [-0.39, 0.29) is 51.4 Å². The van der Waals surface area contributed by atoms with E-state index in [9.17, 15) is 57.5 Å². The van der Waals surface area contributed by atoms with Gasteiger partial charge in [-0.05, 0) is 218 Å². The van der Waals surface area contributed by atoms with Gasteiger partial charge in [0.05, 0.1) is 0 Å². The molecule has 520 valence electrons. The standard InChI is InChI=1S/C65H104N12O16/c1-37(74-45(82)62(66-49(74)86)25-53(5,6)70(21)54(7,8)26-62)41(78)90-33-61(34-91-42(79)38(2)75-46(83)63(67-50(75)87)27-55(9,10)71(22)56(11,12)28-63,35-92-43(80)39(3)76-47(84)64(68-51(76)88)29-57(13,14)72(23)58(15,16)30-64)36-93-44(81)40(4)77-48(85)65(69-52(77)89)31-59(17,18)73(24)60(19,20)32-65/h37-40H,25-36H2,1-24H3,(H,66,86)(H,67,87)(H,68,88)(H,69,89). The SMILES string of the molecule is CC(C(=O)OCC(COC(=O)C(C)N1C(=O)NC2(CC(C)(C)N(C)C(C)(C)C2)C1=O)(COC(=O)C(C)N1C(=O)NC2(CC(C)(C)N(C)C(C)(C)C2)C1=O)COC(=O)C(C)N1C(=O)NC2(CC(C)(C)N(C)C(C)(C)C2)C1=O)N1C(=O)NC2(CC(C)(C)N(C)C(C)(C)C2)C1=O. The highest BCUT2D eigenvalue weighted by atomic mass is 16.6. The minimum atomic E-state index is -2.24. The van der Waals surface area contributed by atoms with Crippen LogP contribution in [0, 0.1) is 5.41 Å². The topological polar surface area (TPSA) is 316 Å². The summed E-state index contributed by atoms with van der Waals surface area (Å²) in [4.78, 5) is 185. The van der Waals surface area contributed by atoms with Crippen LogP contribution < -0.4 is 21.3 Å². The van der Waals surface area contributed by atoms with Gasteiger partial charge in [0, 0.05) is 44.3 Å². The number of carbonyl (C=O) groups is 12. The first-order chi connectivity index (χ1) is 42.1. The van der Waals surface area contributed by atoms with Crippen molar-refractivity contribution in [3.8, 4) is 0 Å². The molecule has 4 spiro atoms. The molecule has 8 aliphatic rings. The number of likely N-dealkylation sites (tertiary alicyclic amines) is 4. The predicted octanol–water partition coefficient (Wildman–Crippen LogP) is 3.99. The number of nitrogens with one attached hydrogen (secondary N) is 4. The summed E-state index contributed by atoms with van der Waals surface area (Å²) in [5, 5.41) is 11.5. The molecule has 8 fully saturated rings. The molecular formula is C65H104N12O16. The van der Waals surface area contributed by atoms with E-state index >= 15 is 0 Å². The number of carbonyl (C=O) groups excluding carboxylic acids is 12. The summed E-state index contributed by atoms with van der Waals surface area (Å²) in [6, 6.07) is -10.1. The van der Waals surface area contributed by atoms with Crippen molar-refractivity contribution in [3.05, 3.63) is 0 Å². The Hall–Kier alpha value is -6.52. The molecule has 0 aromatic carbocycles. The van der Waals surface area contributed by atoms with Crippen LogP contribution >= 0.6 is 0 Å². The van der Waals surface area contributed by atoms with Gasteiger partial charge in [0.2, 0.25) is 0 Å². The number of rotatable bonds is 16. The molecule has 8 rings (SSSR count). The Bertz CT molecular complexity index is 2700. The first-order valence-electron chi connectivity index (χ1n) is 32.4. The molecule has 8 heterocycles. The largest absolute Gasteiger partial charge is 0.463 e. The Morgan fingerprint density at radius 1 is 0.323 bits per heavy atom. The van der Waals surface area contributed by atoms with Crippen molar-refractivity contribution in [2.75, 3.05) is 54.6 Å². The molecule has 93 heavy (non-hydrogen) atoms.